The molecule has 0 radical (unpaired) electrons. The Kier molecular flexibility index (Phi) is 5.72. The molecule has 0 saturated carbocycles. The Morgan fingerprint density at radius 1 is 1.14 bits per heavy atom. The van der Waals surface area contributed by atoms with E-state index in [1.165, 1.54) is 17.0 Å². The topological polar surface area (TPSA) is 59.0 Å². The Balaban J connectivity index is 1.88. The van der Waals surface area contributed by atoms with E-state index in [9.17, 15) is 22.8 Å². The summed E-state index contributed by atoms with van der Waals surface area (Å²) in [7, 11) is 0. The molecule has 0 unspecified atom stereocenters. The fraction of sp³-hybridized carbons (Fsp3) is 0.286. The van der Waals surface area contributed by atoms with E-state index in [-0.39, 0.29) is 24.6 Å². The second kappa shape index (κ2) is 8.06. The summed E-state index contributed by atoms with van der Waals surface area (Å²) < 4.78 is 38.9. The van der Waals surface area contributed by atoms with Gasteiger partial charge in [0.25, 0.3) is 5.91 Å². The van der Waals surface area contributed by atoms with Gasteiger partial charge >= 0.3 is 12.1 Å². The summed E-state index contributed by atoms with van der Waals surface area (Å²) in [5.74, 6) is -1.03. The highest BCUT2D eigenvalue weighted by molar-refractivity contribution is 6.54. The molecule has 0 saturated heterocycles. The molecule has 0 fully saturated rings. The number of amides is 1. The molecule has 8 heteroatoms. The highest BCUT2D eigenvalue weighted by Crippen LogP contribution is 2.33. The first kappa shape index (κ1) is 20.6. The van der Waals surface area contributed by atoms with Crippen LogP contribution in [0.5, 0.6) is 0 Å². The smallest absolute Gasteiger partial charge is 0.317 e. The predicted octanol–water partition coefficient (Wildman–Crippen LogP) is 4.55. The molecule has 5 nitrogen and oxygen atoms in total. The molecule has 1 aliphatic heterocycles. The monoisotopic (exact) mass is 404 g/mol. The summed E-state index contributed by atoms with van der Waals surface area (Å²) in [6, 6.07) is 11.5. The summed E-state index contributed by atoms with van der Waals surface area (Å²) in [6.07, 6.45) is -4.32. The van der Waals surface area contributed by atoms with Crippen LogP contribution in [-0.4, -0.2) is 17.6 Å². The number of hydrogen-bond acceptors (Lipinski definition) is 4. The number of nitrogens with zero attached hydrogens (tertiary/aromatic N) is 2. The minimum Gasteiger partial charge on any atom is -0.317 e. The van der Waals surface area contributed by atoms with Crippen molar-refractivity contribution >= 4 is 23.3 Å². The molecule has 3 rings (SSSR count). The molecule has 0 aromatic heterocycles. The molecular weight excluding hydrogens is 385 g/mol. The van der Waals surface area contributed by atoms with Crippen LogP contribution >= 0.6 is 0 Å². The summed E-state index contributed by atoms with van der Waals surface area (Å²) >= 11 is 0. The number of rotatable bonds is 5. The maximum atomic E-state index is 13.0. The molecule has 152 valence electrons. The lowest BCUT2D eigenvalue weighted by Crippen LogP contribution is -2.30. The lowest BCUT2D eigenvalue weighted by atomic mass is 10.1. The van der Waals surface area contributed by atoms with Crippen LogP contribution in [0.3, 0.4) is 0 Å². The van der Waals surface area contributed by atoms with Crippen molar-refractivity contribution in [2.75, 3.05) is 4.90 Å². The lowest BCUT2D eigenvalue weighted by molar-refractivity contribution is -0.144. The van der Waals surface area contributed by atoms with E-state index < -0.39 is 23.6 Å². The summed E-state index contributed by atoms with van der Waals surface area (Å²) in [5.41, 5.74) is 0.438. The van der Waals surface area contributed by atoms with Gasteiger partial charge in [-0.05, 0) is 29.7 Å². The lowest BCUT2D eigenvalue weighted by Gasteiger charge is -2.17. The average molecular weight is 404 g/mol. The SMILES string of the molecule is CC(C)CC(=O)ON=C1C(=O)N(Cc2cccc(C(F)(F)F)c2)c2ccccc21. The van der Waals surface area contributed by atoms with Crippen molar-refractivity contribution in [2.24, 2.45) is 11.1 Å². The molecule has 29 heavy (non-hydrogen) atoms. The number of hydrogen-bond donors (Lipinski definition) is 0. The number of benzene rings is 2. The standard InChI is InChI=1S/C21H19F3N2O3/c1-13(2)10-18(27)29-25-19-16-8-3-4-9-17(16)26(20(19)28)12-14-6-5-7-15(11-14)21(22,23)24/h3-9,11,13H,10,12H2,1-2H3. The Bertz CT molecular complexity index is 968. The van der Waals surface area contributed by atoms with Crippen LogP contribution in [0, 0.1) is 5.92 Å². The van der Waals surface area contributed by atoms with Crippen molar-refractivity contribution in [3.05, 3.63) is 65.2 Å². The van der Waals surface area contributed by atoms with Crippen LogP contribution in [-0.2, 0) is 27.1 Å². The number of oxime groups is 1. The Labute approximate surface area is 165 Å². The Morgan fingerprint density at radius 2 is 1.86 bits per heavy atom. The molecule has 1 aliphatic rings. The highest BCUT2D eigenvalue weighted by atomic mass is 19.4. The molecule has 2 aromatic carbocycles. The van der Waals surface area contributed by atoms with Gasteiger partial charge in [0.05, 0.1) is 24.2 Å². The molecule has 2 aromatic rings. The number of carbonyl (C=O) groups excluding carboxylic acids is 2. The van der Waals surface area contributed by atoms with Gasteiger partial charge in [0.1, 0.15) is 0 Å². The van der Waals surface area contributed by atoms with E-state index >= 15 is 0 Å². The molecule has 0 bridgehead atoms. The van der Waals surface area contributed by atoms with Crippen molar-refractivity contribution < 1.29 is 27.6 Å². The number of carbonyl (C=O) groups is 2. The van der Waals surface area contributed by atoms with E-state index in [1.54, 1.807) is 24.3 Å². The minimum absolute atomic E-state index is 0.0512. The van der Waals surface area contributed by atoms with Crippen molar-refractivity contribution in [3.63, 3.8) is 0 Å². The maximum Gasteiger partial charge on any atom is 0.416 e. The van der Waals surface area contributed by atoms with E-state index in [2.05, 4.69) is 5.16 Å². The van der Waals surface area contributed by atoms with Gasteiger partial charge in [0.2, 0.25) is 0 Å². The molecule has 1 amide bonds. The van der Waals surface area contributed by atoms with Gasteiger partial charge in [-0.2, -0.15) is 13.2 Å². The minimum atomic E-state index is -4.47. The first-order chi connectivity index (χ1) is 13.7. The molecule has 0 N–H and O–H groups in total. The van der Waals surface area contributed by atoms with Gasteiger partial charge in [-0.1, -0.05) is 49.3 Å². The number of fused-ring (bicyclic) bond motifs is 1. The van der Waals surface area contributed by atoms with E-state index in [0.29, 0.717) is 16.8 Å². The van der Waals surface area contributed by atoms with Crippen LogP contribution < -0.4 is 4.90 Å². The van der Waals surface area contributed by atoms with Crippen molar-refractivity contribution in [1.82, 2.24) is 0 Å². The van der Waals surface area contributed by atoms with Crippen molar-refractivity contribution in [2.45, 2.75) is 33.0 Å². The largest absolute Gasteiger partial charge is 0.416 e. The summed E-state index contributed by atoms with van der Waals surface area (Å²) in [5, 5.41) is 3.74. The first-order valence-electron chi connectivity index (χ1n) is 9.02. The Morgan fingerprint density at radius 3 is 2.55 bits per heavy atom. The fourth-order valence-electron chi connectivity index (χ4n) is 3.00. The number of halogens is 3. The van der Waals surface area contributed by atoms with Crippen LogP contribution in [0.15, 0.2) is 53.7 Å². The summed E-state index contributed by atoms with van der Waals surface area (Å²) in [4.78, 5) is 30.8. The number of para-hydroxylation sites is 1. The quantitative estimate of drug-likeness (QED) is 0.543. The number of anilines is 1. The third kappa shape index (κ3) is 4.64. The zero-order valence-electron chi connectivity index (χ0n) is 15.9. The number of alkyl halides is 3. The van der Waals surface area contributed by atoms with Gasteiger partial charge in [-0.15, -0.1) is 0 Å². The van der Waals surface area contributed by atoms with Gasteiger partial charge in [0, 0.05) is 5.56 Å². The van der Waals surface area contributed by atoms with Crippen molar-refractivity contribution in [1.29, 1.82) is 0 Å². The van der Waals surface area contributed by atoms with Crippen LogP contribution in [0.2, 0.25) is 0 Å². The predicted molar refractivity (Wildman–Crippen MR) is 101 cm³/mol. The normalized spacial score (nSPS) is 15.2. The fourth-order valence-corrected chi connectivity index (χ4v) is 3.00. The van der Waals surface area contributed by atoms with Crippen LogP contribution in [0.4, 0.5) is 18.9 Å². The van der Waals surface area contributed by atoms with Gasteiger partial charge in [-0.25, -0.2) is 4.79 Å². The maximum absolute atomic E-state index is 13.0. The average Bonchev–Trinajstić information content (AvgIpc) is 2.91. The molecule has 0 aliphatic carbocycles. The molecule has 0 spiro atoms. The molecular formula is C21H19F3N2O3. The van der Waals surface area contributed by atoms with Gasteiger partial charge < -0.3 is 9.74 Å². The zero-order chi connectivity index (χ0) is 21.2. The molecule has 0 atom stereocenters. The van der Waals surface area contributed by atoms with Crippen molar-refractivity contribution in [3.8, 4) is 0 Å². The third-order valence-corrected chi connectivity index (χ3v) is 4.31. The third-order valence-electron chi connectivity index (χ3n) is 4.31. The van der Waals surface area contributed by atoms with E-state index in [4.69, 9.17) is 4.84 Å². The van der Waals surface area contributed by atoms with Gasteiger partial charge in [0.15, 0.2) is 5.71 Å². The Hall–Kier alpha value is -3.16. The summed E-state index contributed by atoms with van der Waals surface area (Å²) in [6.45, 7) is 3.63. The molecule has 1 heterocycles. The van der Waals surface area contributed by atoms with E-state index in [1.807, 2.05) is 13.8 Å². The second-order valence-corrected chi connectivity index (χ2v) is 7.11. The van der Waals surface area contributed by atoms with Crippen LogP contribution in [0.1, 0.15) is 37.0 Å². The van der Waals surface area contributed by atoms with Crippen LogP contribution in [0.25, 0.3) is 0 Å². The van der Waals surface area contributed by atoms with Gasteiger partial charge in [-0.3, -0.25) is 4.79 Å². The first-order valence-corrected chi connectivity index (χ1v) is 9.02. The second-order valence-electron chi connectivity index (χ2n) is 7.11. The highest BCUT2D eigenvalue weighted by Gasteiger charge is 2.35. The van der Waals surface area contributed by atoms with E-state index in [0.717, 1.165) is 12.1 Å². The zero-order valence-corrected chi connectivity index (χ0v) is 15.9.